The van der Waals surface area contributed by atoms with Crippen LogP contribution in [0.4, 0.5) is 0 Å². The fourth-order valence-corrected chi connectivity index (χ4v) is 3.03. The summed E-state index contributed by atoms with van der Waals surface area (Å²) in [7, 11) is 0. The van der Waals surface area contributed by atoms with Gasteiger partial charge in [-0.25, -0.2) is 5.43 Å². The Labute approximate surface area is 154 Å². The lowest BCUT2D eigenvalue weighted by molar-refractivity contribution is -0.120. The van der Waals surface area contributed by atoms with Crippen molar-refractivity contribution in [2.75, 3.05) is 0 Å². The third kappa shape index (κ3) is 4.57. The van der Waals surface area contributed by atoms with E-state index in [0.717, 1.165) is 46.9 Å². The van der Waals surface area contributed by atoms with E-state index in [1.54, 1.807) is 0 Å². The van der Waals surface area contributed by atoms with Crippen molar-refractivity contribution in [3.8, 4) is 0 Å². The SMILES string of the molecule is CCCCC(=NNC(=O)Cc1cccc2ccccc12)c1ccccc1. The number of fused-ring (bicyclic) bond motifs is 1. The summed E-state index contributed by atoms with van der Waals surface area (Å²) in [6.45, 7) is 2.15. The van der Waals surface area contributed by atoms with Gasteiger partial charge in [-0.05, 0) is 34.7 Å². The predicted molar refractivity (Wildman–Crippen MR) is 108 cm³/mol. The second-order valence-corrected chi connectivity index (χ2v) is 6.38. The van der Waals surface area contributed by atoms with Crippen molar-refractivity contribution in [2.45, 2.75) is 32.6 Å². The molecule has 0 atom stereocenters. The van der Waals surface area contributed by atoms with E-state index in [4.69, 9.17) is 0 Å². The van der Waals surface area contributed by atoms with Gasteiger partial charge in [0.15, 0.2) is 0 Å². The van der Waals surface area contributed by atoms with Crippen LogP contribution in [0.3, 0.4) is 0 Å². The number of benzene rings is 3. The molecule has 0 aliphatic rings. The molecular weight excluding hydrogens is 320 g/mol. The summed E-state index contributed by atoms with van der Waals surface area (Å²) in [6.07, 6.45) is 3.32. The van der Waals surface area contributed by atoms with Gasteiger partial charge in [0.2, 0.25) is 5.91 Å². The van der Waals surface area contributed by atoms with E-state index in [0.29, 0.717) is 6.42 Å². The van der Waals surface area contributed by atoms with Crippen molar-refractivity contribution in [3.63, 3.8) is 0 Å². The third-order valence-corrected chi connectivity index (χ3v) is 4.42. The predicted octanol–water partition coefficient (Wildman–Crippen LogP) is 5.09. The molecule has 0 bridgehead atoms. The molecule has 0 fully saturated rings. The van der Waals surface area contributed by atoms with Crippen LogP contribution in [0.1, 0.15) is 37.3 Å². The fourth-order valence-electron chi connectivity index (χ4n) is 3.03. The summed E-state index contributed by atoms with van der Waals surface area (Å²) in [6, 6.07) is 24.2. The van der Waals surface area contributed by atoms with E-state index in [1.807, 2.05) is 54.6 Å². The highest BCUT2D eigenvalue weighted by molar-refractivity contribution is 6.01. The van der Waals surface area contributed by atoms with Crippen molar-refractivity contribution < 1.29 is 4.79 Å². The first kappa shape index (κ1) is 17.9. The van der Waals surface area contributed by atoms with E-state index in [1.165, 1.54) is 0 Å². The fraction of sp³-hybridized carbons (Fsp3) is 0.217. The molecule has 3 rings (SSSR count). The van der Waals surface area contributed by atoms with Gasteiger partial charge in [-0.1, -0.05) is 86.1 Å². The molecule has 0 heterocycles. The van der Waals surface area contributed by atoms with Crippen LogP contribution in [0, 0.1) is 0 Å². The van der Waals surface area contributed by atoms with Crippen LogP contribution in [-0.2, 0) is 11.2 Å². The van der Waals surface area contributed by atoms with Gasteiger partial charge >= 0.3 is 0 Å². The van der Waals surface area contributed by atoms with Gasteiger partial charge in [-0.15, -0.1) is 0 Å². The van der Waals surface area contributed by atoms with Crippen molar-refractivity contribution >= 4 is 22.4 Å². The minimum Gasteiger partial charge on any atom is -0.273 e. The number of amides is 1. The second kappa shape index (κ2) is 8.95. The molecule has 0 saturated heterocycles. The van der Waals surface area contributed by atoms with E-state index < -0.39 is 0 Å². The quantitative estimate of drug-likeness (QED) is 0.470. The summed E-state index contributed by atoms with van der Waals surface area (Å²) >= 11 is 0. The van der Waals surface area contributed by atoms with Crippen molar-refractivity contribution in [1.29, 1.82) is 0 Å². The summed E-state index contributed by atoms with van der Waals surface area (Å²) in [5.41, 5.74) is 5.76. The average Bonchev–Trinajstić information content (AvgIpc) is 2.69. The molecule has 0 radical (unpaired) electrons. The zero-order valence-corrected chi connectivity index (χ0v) is 15.1. The lowest BCUT2D eigenvalue weighted by atomic mass is 10.0. The third-order valence-electron chi connectivity index (χ3n) is 4.42. The van der Waals surface area contributed by atoms with Crippen molar-refractivity contribution in [3.05, 3.63) is 83.9 Å². The van der Waals surface area contributed by atoms with Crippen LogP contribution in [0.15, 0.2) is 77.9 Å². The zero-order valence-electron chi connectivity index (χ0n) is 15.1. The Morgan fingerprint density at radius 2 is 1.65 bits per heavy atom. The first-order valence-corrected chi connectivity index (χ1v) is 9.15. The van der Waals surface area contributed by atoms with E-state index >= 15 is 0 Å². The molecule has 0 unspecified atom stereocenters. The summed E-state index contributed by atoms with van der Waals surface area (Å²) in [5, 5.41) is 6.69. The molecule has 0 aromatic heterocycles. The highest BCUT2D eigenvalue weighted by Crippen LogP contribution is 2.18. The van der Waals surface area contributed by atoms with E-state index in [2.05, 4.69) is 35.7 Å². The smallest absolute Gasteiger partial charge is 0.244 e. The molecule has 1 amide bonds. The molecule has 132 valence electrons. The number of hydrogen-bond acceptors (Lipinski definition) is 2. The Bertz CT molecular complexity index is 895. The minimum absolute atomic E-state index is 0.0914. The minimum atomic E-state index is -0.0914. The largest absolute Gasteiger partial charge is 0.273 e. The molecule has 0 saturated carbocycles. The van der Waals surface area contributed by atoms with Crippen LogP contribution in [0.25, 0.3) is 10.8 Å². The topological polar surface area (TPSA) is 41.5 Å². The number of hydrazone groups is 1. The Hall–Kier alpha value is -2.94. The summed E-state index contributed by atoms with van der Waals surface area (Å²) in [5.74, 6) is -0.0914. The number of nitrogens with zero attached hydrogens (tertiary/aromatic N) is 1. The molecule has 0 aliphatic heterocycles. The zero-order chi connectivity index (χ0) is 18.2. The molecule has 0 spiro atoms. The van der Waals surface area contributed by atoms with Crippen molar-refractivity contribution in [2.24, 2.45) is 5.10 Å². The first-order valence-electron chi connectivity index (χ1n) is 9.15. The van der Waals surface area contributed by atoms with Gasteiger partial charge in [0.1, 0.15) is 0 Å². The number of nitrogens with one attached hydrogen (secondary N) is 1. The Morgan fingerprint density at radius 1 is 0.923 bits per heavy atom. The average molecular weight is 344 g/mol. The Kier molecular flexibility index (Phi) is 6.15. The van der Waals surface area contributed by atoms with Gasteiger partial charge in [-0.2, -0.15) is 5.10 Å². The number of carbonyl (C=O) groups is 1. The molecule has 26 heavy (non-hydrogen) atoms. The van der Waals surface area contributed by atoms with Crippen LogP contribution < -0.4 is 5.43 Å². The van der Waals surface area contributed by atoms with Crippen LogP contribution >= 0.6 is 0 Å². The standard InChI is InChI=1S/C23H24N2O/c1-2-3-16-22(19-11-5-4-6-12-19)24-25-23(26)17-20-14-9-13-18-10-7-8-15-21(18)20/h4-15H,2-3,16-17H2,1H3,(H,25,26). The van der Waals surface area contributed by atoms with Crippen LogP contribution in [-0.4, -0.2) is 11.6 Å². The highest BCUT2D eigenvalue weighted by atomic mass is 16.2. The molecule has 3 nitrogen and oxygen atoms in total. The van der Waals surface area contributed by atoms with Gasteiger partial charge < -0.3 is 0 Å². The lowest BCUT2D eigenvalue weighted by Gasteiger charge is -2.08. The van der Waals surface area contributed by atoms with Gasteiger partial charge in [0.05, 0.1) is 12.1 Å². The van der Waals surface area contributed by atoms with Crippen molar-refractivity contribution in [1.82, 2.24) is 5.43 Å². The normalized spacial score (nSPS) is 11.5. The molecule has 1 N–H and O–H groups in total. The highest BCUT2D eigenvalue weighted by Gasteiger charge is 2.08. The van der Waals surface area contributed by atoms with E-state index in [9.17, 15) is 4.79 Å². The second-order valence-electron chi connectivity index (χ2n) is 6.38. The maximum atomic E-state index is 12.4. The lowest BCUT2D eigenvalue weighted by Crippen LogP contribution is -2.22. The Morgan fingerprint density at radius 3 is 2.46 bits per heavy atom. The van der Waals surface area contributed by atoms with Gasteiger partial charge in [0, 0.05) is 0 Å². The molecular formula is C23H24N2O. The van der Waals surface area contributed by atoms with Gasteiger partial charge in [-0.3, -0.25) is 4.79 Å². The molecule has 0 aliphatic carbocycles. The summed E-state index contributed by atoms with van der Waals surface area (Å²) < 4.78 is 0. The number of hydrogen-bond donors (Lipinski definition) is 1. The van der Waals surface area contributed by atoms with Crippen LogP contribution in [0.5, 0.6) is 0 Å². The molecule has 3 aromatic rings. The number of unbranched alkanes of at least 4 members (excludes halogenated alkanes) is 1. The molecule has 3 aromatic carbocycles. The molecule has 3 heteroatoms. The Balaban J connectivity index is 1.74. The van der Waals surface area contributed by atoms with E-state index in [-0.39, 0.29) is 5.91 Å². The number of carbonyl (C=O) groups excluding carboxylic acids is 1. The maximum absolute atomic E-state index is 12.4. The van der Waals surface area contributed by atoms with Crippen LogP contribution in [0.2, 0.25) is 0 Å². The maximum Gasteiger partial charge on any atom is 0.244 e. The monoisotopic (exact) mass is 344 g/mol. The summed E-state index contributed by atoms with van der Waals surface area (Å²) in [4.78, 5) is 12.4. The van der Waals surface area contributed by atoms with Gasteiger partial charge in [0.25, 0.3) is 0 Å². The first-order chi connectivity index (χ1) is 12.8. The number of rotatable bonds is 7.